The van der Waals surface area contributed by atoms with Crippen molar-refractivity contribution in [3.05, 3.63) is 58.1 Å². The van der Waals surface area contributed by atoms with E-state index >= 15 is 0 Å². The molecule has 0 aromatic heterocycles. The molecule has 0 bridgehead atoms. The van der Waals surface area contributed by atoms with Gasteiger partial charge in [0.15, 0.2) is 0 Å². The lowest BCUT2D eigenvalue weighted by atomic mass is 10.2. The van der Waals surface area contributed by atoms with Crippen LogP contribution in [0.15, 0.2) is 46.9 Å². The molecule has 6 nitrogen and oxygen atoms in total. The van der Waals surface area contributed by atoms with Crippen LogP contribution in [0.25, 0.3) is 0 Å². The smallest absolute Gasteiger partial charge is 0.343 e. The highest BCUT2D eigenvalue weighted by molar-refractivity contribution is 9.10. The average molecular weight is 423 g/mol. The molecule has 0 aliphatic heterocycles. The van der Waals surface area contributed by atoms with Crippen LogP contribution in [0.2, 0.25) is 0 Å². The predicted octanol–water partition coefficient (Wildman–Crippen LogP) is 3.87. The summed E-state index contributed by atoms with van der Waals surface area (Å²) in [5.74, 6) is -0.0244. The van der Waals surface area contributed by atoms with Gasteiger partial charge in [0.1, 0.15) is 18.1 Å². The van der Waals surface area contributed by atoms with Gasteiger partial charge in [-0.15, -0.1) is 0 Å². The third-order valence-electron chi connectivity index (χ3n) is 3.35. The Morgan fingerprint density at radius 1 is 0.962 bits per heavy atom. The lowest BCUT2D eigenvalue weighted by Gasteiger charge is -2.08. The Balaban J connectivity index is 1.95. The third kappa shape index (κ3) is 5.57. The number of carbonyl (C=O) groups is 2. The molecular weight excluding hydrogens is 404 g/mol. The van der Waals surface area contributed by atoms with E-state index in [1.165, 1.54) is 24.3 Å². The quantitative estimate of drug-likeness (QED) is 0.365. The first-order valence-electron chi connectivity index (χ1n) is 7.95. The molecule has 0 atom stereocenters. The number of methoxy groups -OCH3 is 1. The maximum atomic E-state index is 12.2. The van der Waals surface area contributed by atoms with Gasteiger partial charge in [0, 0.05) is 6.61 Å². The summed E-state index contributed by atoms with van der Waals surface area (Å²) in [6.07, 6.45) is 0. The molecule has 2 rings (SSSR count). The Labute approximate surface area is 160 Å². The van der Waals surface area contributed by atoms with Crippen LogP contribution in [0.5, 0.6) is 11.5 Å². The van der Waals surface area contributed by atoms with Gasteiger partial charge in [-0.05, 0) is 65.3 Å². The van der Waals surface area contributed by atoms with Crippen molar-refractivity contribution < 1.29 is 28.5 Å². The molecule has 0 spiro atoms. The van der Waals surface area contributed by atoms with Gasteiger partial charge < -0.3 is 18.9 Å². The van der Waals surface area contributed by atoms with Crippen molar-refractivity contribution in [2.24, 2.45) is 0 Å². The summed E-state index contributed by atoms with van der Waals surface area (Å²) in [7, 11) is 1.54. The van der Waals surface area contributed by atoms with Gasteiger partial charge in [-0.1, -0.05) is 0 Å². The molecule has 0 aliphatic carbocycles. The first kappa shape index (κ1) is 19.9. The standard InChI is InChI=1S/C19H19BrO6/c1-3-24-10-11-25-18(21)13-4-7-15(8-5-13)26-19(22)14-6-9-17(23-2)16(20)12-14/h4-9,12H,3,10-11H2,1-2H3. The van der Waals surface area contributed by atoms with Gasteiger partial charge >= 0.3 is 11.9 Å². The van der Waals surface area contributed by atoms with Crippen molar-refractivity contribution in [3.63, 3.8) is 0 Å². The fraction of sp³-hybridized carbons (Fsp3) is 0.263. The van der Waals surface area contributed by atoms with Crippen LogP contribution in [0.3, 0.4) is 0 Å². The second-order valence-electron chi connectivity index (χ2n) is 5.10. The molecule has 0 N–H and O–H groups in total. The minimum Gasteiger partial charge on any atom is -0.496 e. The van der Waals surface area contributed by atoms with Crippen LogP contribution in [0, 0.1) is 0 Å². The zero-order chi connectivity index (χ0) is 18.9. The number of halogens is 1. The van der Waals surface area contributed by atoms with Crippen LogP contribution in [0.1, 0.15) is 27.6 Å². The van der Waals surface area contributed by atoms with E-state index in [4.69, 9.17) is 18.9 Å². The van der Waals surface area contributed by atoms with Crippen molar-refractivity contribution in [3.8, 4) is 11.5 Å². The van der Waals surface area contributed by atoms with Crippen molar-refractivity contribution in [1.29, 1.82) is 0 Å². The molecule has 0 saturated heterocycles. The molecule has 26 heavy (non-hydrogen) atoms. The minimum atomic E-state index is -0.514. The summed E-state index contributed by atoms with van der Waals surface area (Å²) in [4.78, 5) is 24.1. The van der Waals surface area contributed by atoms with Gasteiger partial charge in [-0.2, -0.15) is 0 Å². The summed E-state index contributed by atoms with van der Waals surface area (Å²) in [6.45, 7) is 2.99. The topological polar surface area (TPSA) is 71.1 Å². The number of rotatable bonds is 8. The zero-order valence-corrected chi connectivity index (χ0v) is 16.1. The maximum absolute atomic E-state index is 12.2. The summed E-state index contributed by atoms with van der Waals surface area (Å²) >= 11 is 3.32. The van der Waals surface area contributed by atoms with E-state index in [9.17, 15) is 9.59 Å². The molecule has 0 amide bonds. The first-order chi connectivity index (χ1) is 12.5. The number of hydrogen-bond acceptors (Lipinski definition) is 6. The first-order valence-corrected chi connectivity index (χ1v) is 8.75. The lowest BCUT2D eigenvalue weighted by Crippen LogP contribution is -2.11. The summed E-state index contributed by atoms with van der Waals surface area (Å²) in [5, 5.41) is 0. The van der Waals surface area contributed by atoms with Crippen LogP contribution >= 0.6 is 15.9 Å². The number of carbonyl (C=O) groups excluding carboxylic acids is 2. The van der Waals surface area contributed by atoms with E-state index in [0.717, 1.165) is 0 Å². The van der Waals surface area contributed by atoms with Crippen molar-refractivity contribution in [1.82, 2.24) is 0 Å². The Morgan fingerprint density at radius 3 is 2.27 bits per heavy atom. The van der Waals surface area contributed by atoms with Crippen molar-refractivity contribution >= 4 is 27.9 Å². The average Bonchev–Trinajstić information content (AvgIpc) is 2.65. The molecule has 0 fully saturated rings. The molecule has 0 saturated carbocycles. The van der Waals surface area contributed by atoms with Crippen LogP contribution in [0.4, 0.5) is 0 Å². The molecule has 0 heterocycles. The summed E-state index contributed by atoms with van der Waals surface area (Å²) < 4.78 is 21.2. The van der Waals surface area contributed by atoms with Crippen molar-refractivity contribution in [2.75, 3.05) is 26.9 Å². The molecule has 7 heteroatoms. The summed E-state index contributed by atoms with van der Waals surface area (Å²) in [5.41, 5.74) is 0.741. The van der Waals surface area contributed by atoms with E-state index < -0.39 is 11.9 Å². The van der Waals surface area contributed by atoms with E-state index in [1.807, 2.05) is 6.92 Å². The molecular formula is C19H19BrO6. The number of hydrogen-bond donors (Lipinski definition) is 0. The SMILES string of the molecule is CCOCCOC(=O)c1ccc(OC(=O)c2ccc(OC)c(Br)c2)cc1. The molecule has 0 unspecified atom stereocenters. The zero-order valence-electron chi connectivity index (χ0n) is 14.5. The normalized spacial score (nSPS) is 10.3. The Morgan fingerprint density at radius 2 is 1.65 bits per heavy atom. The molecule has 2 aromatic rings. The number of ether oxygens (including phenoxy) is 4. The fourth-order valence-electron chi connectivity index (χ4n) is 2.04. The van der Waals surface area contributed by atoms with Gasteiger partial charge in [-0.3, -0.25) is 0 Å². The van der Waals surface area contributed by atoms with E-state index in [1.54, 1.807) is 25.3 Å². The van der Waals surface area contributed by atoms with Gasteiger partial charge in [0.05, 0.1) is 29.3 Å². The monoisotopic (exact) mass is 422 g/mol. The molecule has 2 aromatic carbocycles. The lowest BCUT2D eigenvalue weighted by molar-refractivity contribution is 0.0335. The number of benzene rings is 2. The molecule has 0 aliphatic rings. The predicted molar refractivity (Wildman–Crippen MR) is 98.9 cm³/mol. The van der Waals surface area contributed by atoms with Gasteiger partial charge in [-0.25, -0.2) is 9.59 Å². The molecule has 0 radical (unpaired) electrons. The summed E-state index contributed by atoms with van der Waals surface area (Å²) in [6, 6.07) is 11.0. The van der Waals surface area contributed by atoms with Crippen LogP contribution in [-0.2, 0) is 9.47 Å². The highest BCUT2D eigenvalue weighted by Crippen LogP contribution is 2.26. The highest BCUT2D eigenvalue weighted by Gasteiger charge is 2.12. The van der Waals surface area contributed by atoms with E-state index in [-0.39, 0.29) is 6.61 Å². The maximum Gasteiger partial charge on any atom is 0.343 e. The van der Waals surface area contributed by atoms with Crippen molar-refractivity contribution in [2.45, 2.75) is 6.92 Å². The second kappa shape index (κ2) is 9.94. The largest absolute Gasteiger partial charge is 0.496 e. The van der Waals surface area contributed by atoms with E-state index in [0.29, 0.717) is 40.3 Å². The van der Waals surface area contributed by atoms with Gasteiger partial charge in [0.25, 0.3) is 0 Å². The Hall–Kier alpha value is -2.38. The highest BCUT2D eigenvalue weighted by atomic mass is 79.9. The van der Waals surface area contributed by atoms with Crippen LogP contribution in [-0.4, -0.2) is 38.9 Å². The van der Waals surface area contributed by atoms with E-state index in [2.05, 4.69) is 15.9 Å². The van der Waals surface area contributed by atoms with Crippen LogP contribution < -0.4 is 9.47 Å². The Bertz CT molecular complexity index is 757. The Kier molecular flexibility index (Phi) is 7.62. The number of esters is 2. The second-order valence-corrected chi connectivity index (χ2v) is 5.95. The minimum absolute atomic E-state index is 0.190. The molecule has 138 valence electrons. The van der Waals surface area contributed by atoms with Gasteiger partial charge in [0.2, 0.25) is 0 Å². The third-order valence-corrected chi connectivity index (χ3v) is 3.97. The fourth-order valence-corrected chi connectivity index (χ4v) is 2.58.